The average molecular weight is 342 g/mol. The number of thiophene rings is 1. The number of anilines is 1. The number of rotatable bonds is 4. The number of amides is 2. The average Bonchev–Trinajstić information content (AvgIpc) is 3.11. The van der Waals surface area contributed by atoms with Gasteiger partial charge in [0.25, 0.3) is 0 Å². The van der Waals surface area contributed by atoms with Crippen LogP contribution in [-0.4, -0.2) is 41.1 Å². The van der Waals surface area contributed by atoms with Gasteiger partial charge in [-0.3, -0.25) is 15.2 Å². The summed E-state index contributed by atoms with van der Waals surface area (Å²) in [6, 6.07) is 8.45. The SMILES string of the molecule is O=C(Nc1cccs1)NC1C2CCN(CC2)C1Cc1cccnc1. The molecule has 0 aromatic carbocycles. The molecule has 5 heterocycles. The van der Waals surface area contributed by atoms with E-state index in [1.807, 2.05) is 29.8 Å². The number of hydrogen-bond acceptors (Lipinski definition) is 4. The lowest BCUT2D eigenvalue weighted by Gasteiger charge is -2.51. The number of carbonyl (C=O) groups excluding carboxylic acids is 1. The summed E-state index contributed by atoms with van der Waals surface area (Å²) < 4.78 is 0. The number of pyridine rings is 1. The first-order valence-electron chi connectivity index (χ1n) is 8.53. The van der Waals surface area contributed by atoms with Gasteiger partial charge in [-0.05, 0) is 67.4 Å². The van der Waals surface area contributed by atoms with Crippen LogP contribution >= 0.6 is 11.3 Å². The maximum atomic E-state index is 12.4. The molecule has 0 spiro atoms. The van der Waals surface area contributed by atoms with Gasteiger partial charge >= 0.3 is 6.03 Å². The maximum absolute atomic E-state index is 12.4. The topological polar surface area (TPSA) is 57.3 Å². The highest BCUT2D eigenvalue weighted by Crippen LogP contribution is 2.34. The fourth-order valence-corrected chi connectivity index (χ4v) is 4.64. The van der Waals surface area contributed by atoms with E-state index in [1.165, 1.54) is 18.4 Å². The summed E-state index contributed by atoms with van der Waals surface area (Å²) in [4.78, 5) is 19.2. The zero-order valence-corrected chi connectivity index (χ0v) is 14.3. The Morgan fingerprint density at radius 1 is 1.29 bits per heavy atom. The first kappa shape index (κ1) is 15.6. The Labute approximate surface area is 146 Å². The Kier molecular flexibility index (Phi) is 4.49. The van der Waals surface area contributed by atoms with E-state index >= 15 is 0 Å². The molecule has 3 fully saturated rings. The van der Waals surface area contributed by atoms with Crippen molar-refractivity contribution < 1.29 is 4.79 Å². The first-order valence-corrected chi connectivity index (χ1v) is 9.41. The Morgan fingerprint density at radius 2 is 2.17 bits per heavy atom. The number of aromatic nitrogens is 1. The molecule has 2 bridgehead atoms. The molecule has 0 radical (unpaired) electrons. The molecule has 3 saturated heterocycles. The summed E-state index contributed by atoms with van der Waals surface area (Å²) >= 11 is 1.54. The maximum Gasteiger partial charge on any atom is 0.320 e. The molecule has 3 aliphatic rings. The van der Waals surface area contributed by atoms with Crippen LogP contribution in [-0.2, 0) is 6.42 Å². The number of nitrogens with one attached hydrogen (secondary N) is 2. The fraction of sp³-hybridized carbons (Fsp3) is 0.444. The van der Waals surface area contributed by atoms with Gasteiger partial charge in [0.15, 0.2) is 0 Å². The molecule has 3 aliphatic heterocycles. The van der Waals surface area contributed by atoms with Crippen LogP contribution in [0.5, 0.6) is 0 Å². The number of hydrogen-bond donors (Lipinski definition) is 2. The quantitative estimate of drug-likeness (QED) is 0.898. The molecule has 2 aromatic heterocycles. The highest BCUT2D eigenvalue weighted by molar-refractivity contribution is 7.14. The van der Waals surface area contributed by atoms with Gasteiger partial charge in [0, 0.05) is 24.5 Å². The predicted molar refractivity (Wildman–Crippen MR) is 96.3 cm³/mol. The highest BCUT2D eigenvalue weighted by Gasteiger charge is 2.42. The van der Waals surface area contributed by atoms with Gasteiger partial charge in [0.2, 0.25) is 0 Å². The van der Waals surface area contributed by atoms with E-state index in [0.717, 1.165) is 24.5 Å². The predicted octanol–water partition coefficient (Wildman–Crippen LogP) is 2.97. The highest BCUT2D eigenvalue weighted by atomic mass is 32.1. The third-order valence-corrected chi connectivity index (χ3v) is 5.97. The van der Waals surface area contributed by atoms with Gasteiger partial charge in [-0.1, -0.05) is 6.07 Å². The molecule has 24 heavy (non-hydrogen) atoms. The van der Waals surface area contributed by atoms with Crippen LogP contribution in [0.15, 0.2) is 42.0 Å². The lowest BCUT2D eigenvalue weighted by atomic mass is 9.77. The Hall–Kier alpha value is -1.92. The van der Waals surface area contributed by atoms with E-state index in [4.69, 9.17) is 0 Å². The third kappa shape index (κ3) is 3.30. The molecule has 5 rings (SSSR count). The summed E-state index contributed by atoms with van der Waals surface area (Å²) in [5.41, 5.74) is 1.24. The summed E-state index contributed by atoms with van der Waals surface area (Å²) in [7, 11) is 0. The Balaban J connectivity index is 1.47. The number of nitrogens with zero attached hydrogens (tertiary/aromatic N) is 2. The van der Waals surface area contributed by atoms with Crippen molar-refractivity contribution in [1.82, 2.24) is 15.2 Å². The second-order valence-corrected chi connectivity index (χ2v) is 7.56. The molecular weight excluding hydrogens is 320 g/mol. The summed E-state index contributed by atoms with van der Waals surface area (Å²) in [5.74, 6) is 0.575. The van der Waals surface area contributed by atoms with Crippen LogP contribution in [0, 0.1) is 5.92 Å². The zero-order chi connectivity index (χ0) is 16.4. The van der Waals surface area contributed by atoms with Crippen LogP contribution in [0.25, 0.3) is 0 Å². The second-order valence-electron chi connectivity index (χ2n) is 6.61. The van der Waals surface area contributed by atoms with Crippen molar-refractivity contribution in [3.05, 3.63) is 47.6 Å². The fourth-order valence-electron chi connectivity index (χ4n) is 4.03. The van der Waals surface area contributed by atoms with Crippen LogP contribution < -0.4 is 10.6 Å². The molecule has 2 unspecified atom stereocenters. The van der Waals surface area contributed by atoms with E-state index in [0.29, 0.717) is 12.0 Å². The monoisotopic (exact) mass is 342 g/mol. The molecule has 2 aromatic rings. The summed E-state index contributed by atoms with van der Waals surface area (Å²) in [6.45, 7) is 2.28. The number of fused-ring (bicyclic) bond motifs is 3. The molecule has 5 nitrogen and oxygen atoms in total. The van der Waals surface area contributed by atoms with Crippen molar-refractivity contribution in [1.29, 1.82) is 0 Å². The molecule has 2 amide bonds. The van der Waals surface area contributed by atoms with Gasteiger partial charge in [-0.2, -0.15) is 0 Å². The number of urea groups is 1. The van der Waals surface area contributed by atoms with E-state index in [9.17, 15) is 4.79 Å². The minimum Gasteiger partial charge on any atom is -0.333 e. The van der Waals surface area contributed by atoms with Gasteiger partial charge in [-0.15, -0.1) is 11.3 Å². The van der Waals surface area contributed by atoms with Gasteiger partial charge in [-0.25, -0.2) is 4.79 Å². The molecule has 126 valence electrons. The third-order valence-electron chi connectivity index (χ3n) is 5.19. The lowest BCUT2D eigenvalue weighted by Crippen LogP contribution is -2.64. The van der Waals surface area contributed by atoms with Crippen LogP contribution in [0.2, 0.25) is 0 Å². The van der Waals surface area contributed by atoms with Crippen molar-refractivity contribution in [3.8, 4) is 0 Å². The van der Waals surface area contributed by atoms with Gasteiger partial charge < -0.3 is 5.32 Å². The van der Waals surface area contributed by atoms with Crippen molar-refractivity contribution in [3.63, 3.8) is 0 Å². The number of piperidine rings is 3. The molecule has 6 heteroatoms. The Morgan fingerprint density at radius 3 is 2.88 bits per heavy atom. The van der Waals surface area contributed by atoms with Crippen molar-refractivity contribution >= 4 is 22.4 Å². The van der Waals surface area contributed by atoms with Crippen LogP contribution in [0.4, 0.5) is 9.80 Å². The summed E-state index contributed by atoms with van der Waals surface area (Å²) in [6.07, 6.45) is 7.03. The standard InChI is InChI=1S/C18H22N4OS/c23-18(20-16-4-2-10-24-16)21-17-14-5-8-22(9-6-14)15(17)11-13-3-1-7-19-12-13/h1-4,7,10,12,14-15,17H,5-6,8-9,11H2,(H2,20,21,23). The normalized spacial score (nSPS) is 28.5. The second kappa shape index (κ2) is 6.91. The Bertz CT molecular complexity index is 668. The minimum atomic E-state index is -0.0904. The smallest absolute Gasteiger partial charge is 0.320 e. The van der Waals surface area contributed by atoms with Crippen molar-refractivity contribution in [2.45, 2.75) is 31.3 Å². The zero-order valence-electron chi connectivity index (χ0n) is 13.5. The molecule has 0 aliphatic carbocycles. The van der Waals surface area contributed by atoms with Crippen molar-refractivity contribution in [2.75, 3.05) is 18.4 Å². The largest absolute Gasteiger partial charge is 0.333 e. The minimum absolute atomic E-state index is 0.0904. The van der Waals surface area contributed by atoms with E-state index in [1.54, 1.807) is 17.5 Å². The van der Waals surface area contributed by atoms with E-state index in [-0.39, 0.29) is 12.1 Å². The summed E-state index contributed by atoms with van der Waals surface area (Å²) in [5, 5.41) is 9.06. The molecule has 2 N–H and O–H groups in total. The van der Waals surface area contributed by atoms with Gasteiger partial charge in [0.1, 0.15) is 0 Å². The molecule has 2 atom stereocenters. The first-order chi connectivity index (χ1) is 11.8. The van der Waals surface area contributed by atoms with Crippen molar-refractivity contribution in [2.24, 2.45) is 5.92 Å². The van der Waals surface area contributed by atoms with Crippen LogP contribution in [0.1, 0.15) is 18.4 Å². The van der Waals surface area contributed by atoms with E-state index < -0.39 is 0 Å². The van der Waals surface area contributed by atoms with E-state index in [2.05, 4.69) is 26.6 Å². The van der Waals surface area contributed by atoms with Crippen LogP contribution in [0.3, 0.4) is 0 Å². The number of carbonyl (C=O) groups is 1. The molecule has 0 saturated carbocycles. The lowest BCUT2D eigenvalue weighted by molar-refractivity contribution is 0.0184. The van der Waals surface area contributed by atoms with Gasteiger partial charge in [0.05, 0.1) is 5.00 Å². The molecular formula is C18H22N4OS.